The maximum atomic E-state index is 4.82. The van der Waals surface area contributed by atoms with Crippen LogP contribution in [-0.4, -0.2) is 21.1 Å². The van der Waals surface area contributed by atoms with Crippen molar-refractivity contribution in [1.82, 2.24) is 0 Å². The Labute approximate surface area is 150 Å². The van der Waals surface area contributed by atoms with Gasteiger partial charge in [-0.2, -0.15) is 0 Å². The molecule has 2 aromatic rings. The molecule has 2 rings (SSSR count). The van der Waals surface area contributed by atoms with E-state index >= 15 is 0 Å². The summed E-state index contributed by atoms with van der Waals surface area (Å²) in [5.41, 5.74) is 0. The summed E-state index contributed by atoms with van der Waals surface area (Å²) in [6.45, 7) is 15.3. The fourth-order valence-corrected chi connectivity index (χ4v) is 24.5. The van der Waals surface area contributed by atoms with Gasteiger partial charge in [-0.3, -0.25) is 0 Å². The van der Waals surface area contributed by atoms with Gasteiger partial charge >= 0.3 is 0 Å². The first-order valence-corrected chi connectivity index (χ1v) is 17.3. The molecule has 124 valence electrons. The van der Waals surface area contributed by atoms with Gasteiger partial charge in [0.15, 0.2) is 0 Å². The van der Waals surface area contributed by atoms with E-state index in [1.807, 2.05) is 0 Å². The Kier molecular flexibility index (Phi) is 6.00. The fourth-order valence-electron chi connectivity index (χ4n) is 3.76. The molecule has 0 nitrogen and oxygen atoms in total. The van der Waals surface area contributed by atoms with E-state index < -0.39 is 16.1 Å². The van der Waals surface area contributed by atoms with Gasteiger partial charge in [0.1, 0.15) is 0 Å². The fraction of sp³-hybridized carbons (Fsp3) is 0.368. The molecule has 4 heteroatoms. The van der Waals surface area contributed by atoms with E-state index in [2.05, 4.69) is 93.9 Å². The zero-order chi connectivity index (χ0) is 17.3. The third-order valence-corrected chi connectivity index (χ3v) is 21.6. The van der Waals surface area contributed by atoms with Crippen molar-refractivity contribution in [2.24, 2.45) is 0 Å². The highest BCUT2D eigenvalue weighted by Crippen LogP contribution is 2.49. The van der Waals surface area contributed by atoms with Crippen molar-refractivity contribution in [2.75, 3.05) is 0 Å². The molecule has 0 amide bonds. The van der Waals surface area contributed by atoms with Crippen LogP contribution in [0.1, 0.15) is 0 Å². The van der Waals surface area contributed by atoms with Gasteiger partial charge in [-0.1, -0.05) is 87.8 Å². The van der Waals surface area contributed by atoms with Gasteiger partial charge in [-0.05, 0) is 29.5 Å². The summed E-state index contributed by atoms with van der Waals surface area (Å²) in [7, 11) is -3.00. The zero-order valence-corrected chi connectivity index (χ0v) is 19.0. The van der Waals surface area contributed by atoms with E-state index in [0.717, 1.165) is 9.80 Å². The average molecular weight is 377 g/mol. The molecular formula is C19H29PSSi2. The molecule has 0 N–H and O–H groups in total. The van der Waals surface area contributed by atoms with Crippen LogP contribution in [0.2, 0.25) is 39.3 Å². The molecule has 1 unspecified atom stereocenters. The van der Waals surface area contributed by atoms with E-state index in [-0.39, 0.29) is 7.92 Å². The van der Waals surface area contributed by atoms with Gasteiger partial charge in [-0.25, -0.2) is 0 Å². The van der Waals surface area contributed by atoms with Crippen molar-refractivity contribution in [3.63, 3.8) is 0 Å². The van der Waals surface area contributed by atoms with Gasteiger partial charge in [0.2, 0.25) is 0 Å². The number of hydrogen-bond acceptors (Lipinski definition) is 1. The summed E-state index contributed by atoms with van der Waals surface area (Å²) in [5.74, 6) is 0. The highest BCUT2D eigenvalue weighted by molar-refractivity contribution is 7.83. The lowest BCUT2D eigenvalue weighted by Gasteiger charge is -2.44. The maximum absolute atomic E-state index is 4.82. The Bertz CT molecular complexity index is 630. The Hall–Kier alpha value is -0.346. The molecule has 0 heterocycles. The normalized spacial score (nSPS) is 14.1. The summed E-state index contributed by atoms with van der Waals surface area (Å²) in [5, 5.41) is 2.98. The third-order valence-electron chi connectivity index (χ3n) is 4.07. The van der Waals surface area contributed by atoms with Gasteiger partial charge in [0, 0.05) is 21.0 Å². The van der Waals surface area contributed by atoms with Crippen LogP contribution < -0.4 is 10.6 Å². The molecule has 0 aromatic heterocycles. The number of thiol groups is 1. The van der Waals surface area contributed by atoms with E-state index in [1.165, 1.54) is 10.6 Å². The molecule has 0 bridgehead atoms. The first kappa shape index (κ1) is 19.0. The van der Waals surface area contributed by atoms with Gasteiger partial charge in [0.05, 0.1) is 0 Å². The standard InChI is InChI=1S/C19H29PSSi2/c1-22(2,3)19(23(4,5)6)20(16-12-8-7-9-13-16)17-14-10-11-15-18(17)21/h7-15,19,21H,1-6H3. The molecule has 1 atom stereocenters. The minimum absolute atomic E-state index is 0.364. The first-order valence-electron chi connectivity index (χ1n) is 8.24. The highest BCUT2D eigenvalue weighted by Gasteiger charge is 2.44. The third kappa shape index (κ3) is 4.60. The summed E-state index contributed by atoms with van der Waals surface area (Å²) in [6.07, 6.45) is 0. The second-order valence-electron chi connectivity index (χ2n) is 8.33. The minimum Gasteiger partial charge on any atom is -0.143 e. The molecule has 0 saturated heterocycles. The Morgan fingerprint density at radius 3 is 1.70 bits per heavy atom. The number of hydrogen-bond donors (Lipinski definition) is 1. The van der Waals surface area contributed by atoms with Crippen LogP contribution in [0.15, 0.2) is 59.5 Å². The largest absolute Gasteiger partial charge is 0.143 e. The number of benzene rings is 2. The van der Waals surface area contributed by atoms with Crippen molar-refractivity contribution in [3.8, 4) is 0 Å². The van der Waals surface area contributed by atoms with E-state index in [0.29, 0.717) is 0 Å². The molecule has 0 radical (unpaired) electrons. The van der Waals surface area contributed by atoms with Gasteiger partial charge in [0.25, 0.3) is 0 Å². The number of rotatable bonds is 5. The Morgan fingerprint density at radius 2 is 1.22 bits per heavy atom. The lowest BCUT2D eigenvalue weighted by atomic mass is 10.4. The minimum atomic E-state index is -1.32. The topological polar surface area (TPSA) is 0 Å². The Balaban J connectivity index is 2.69. The predicted molar refractivity (Wildman–Crippen MR) is 117 cm³/mol. The molecule has 0 aliphatic carbocycles. The summed E-state index contributed by atoms with van der Waals surface area (Å²) >= 11 is 4.82. The van der Waals surface area contributed by atoms with Crippen molar-refractivity contribution in [3.05, 3.63) is 54.6 Å². The lowest BCUT2D eigenvalue weighted by Crippen LogP contribution is -2.55. The van der Waals surface area contributed by atoms with Crippen LogP contribution in [0.25, 0.3) is 0 Å². The monoisotopic (exact) mass is 376 g/mol. The van der Waals surface area contributed by atoms with Gasteiger partial charge < -0.3 is 0 Å². The van der Waals surface area contributed by atoms with Gasteiger partial charge in [-0.15, -0.1) is 12.6 Å². The highest BCUT2D eigenvalue weighted by atomic mass is 32.1. The molecule has 23 heavy (non-hydrogen) atoms. The molecule has 0 saturated carbocycles. The van der Waals surface area contributed by atoms with Crippen LogP contribution in [0.4, 0.5) is 0 Å². The lowest BCUT2D eigenvalue weighted by molar-refractivity contribution is 1.44. The summed E-state index contributed by atoms with van der Waals surface area (Å²) in [4.78, 5) is 1.99. The van der Waals surface area contributed by atoms with Crippen LogP contribution in [-0.2, 0) is 0 Å². The molecular weight excluding hydrogens is 347 g/mol. The van der Waals surface area contributed by atoms with Crippen molar-refractivity contribution >= 4 is 47.3 Å². The van der Waals surface area contributed by atoms with Crippen molar-refractivity contribution in [1.29, 1.82) is 0 Å². The predicted octanol–water partition coefficient (Wildman–Crippen LogP) is 5.53. The van der Waals surface area contributed by atoms with Crippen LogP contribution in [0.5, 0.6) is 0 Å². The Morgan fingerprint density at radius 1 is 0.739 bits per heavy atom. The SMILES string of the molecule is C[Si](C)(C)C(P(c1ccccc1)c1ccccc1S)[Si](C)(C)C. The van der Waals surface area contributed by atoms with Crippen LogP contribution in [0.3, 0.4) is 0 Å². The molecule has 0 aliphatic rings. The van der Waals surface area contributed by atoms with Crippen molar-refractivity contribution < 1.29 is 0 Å². The summed E-state index contributed by atoms with van der Waals surface area (Å²) in [6, 6.07) is 19.9. The van der Waals surface area contributed by atoms with E-state index in [9.17, 15) is 0 Å². The zero-order valence-electron chi connectivity index (χ0n) is 15.2. The van der Waals surface area contributed by atoms with E-state index in [1.54, 1.807) is 0 Å². The van der Waals surface area contributed by atoms with Crippen LogP contribution >= 0.6 is 20.6 Å². The molecule has 0 spiro atoms. The second kappa shape index (κ2) is 7.27. The maximum Gasteiger partial charge on any atom is 0.0499 e. The molecule has 0 aliphatic heterocycles. The van der Waals surface area contributed by atoms with Crippen molar-refractivity contribution in [2.45, 2.75) is 49.1 Å². The molecule has 2 aromatic carbocycles. The average Bonchev–Trinajstić information content (AvgIpc) is 2.44. The molecule has 0 fully saturated rings. The first-order chi connectivity index (χ1) is 10.6. The second-order valence-corrected chi connectivity index (χ2v) is 23.2. The smallest absolute Gasteiger partial charge is 0.0499 e. The van der Waals surface area contributed by atoms with E-state index in [4.69, 9.17) is 12.6 Å². The summed E-state index contributed by atoms with van der Waals surface area (Å²) < 4.78 is 0. The van der Waals surface area contributed by atoms with Crippen LogP contribution in [0, 0.1) is 0 Å². The quantitative estimate of drug-likeness (QED) is 0.396.